The van der Waals surface area contributed by atoms with Crippen LogP contribution in [0.1, 0.15) is 6.42 Å². The van der Waals surface area contributed by atoms with E-state index in [0.29, 0.717) is 32.1 Å². The van der Waals surface area contributed by atoms with E-state index in [4.69, 9.17) is 14.6 Å². The molecule has 0 rings (SSSR count). The molecule has 15 heavy (non-hydrogen) atoms. The summed E-state index contributed by atoms with van der Waals surface area (Å²) in [5, 5.41) is 11.6. The minimum absolute atomic E-state index is 0.292. The molecule has 0 saturated carbocycles. The fourth-order valence-corrected chi connectivity index (χ4v) is 1.21. The molecule has 2 N–H and O–H groups in total. The first-order valence-corrected chi connectivity index (χ1v) is 5.49. The maximum atomic E-state index is 10.6. The number of rotatable bonds is 10. The Morgan fingerprint density at radius 2 is 2.20 bits per heavy atom. The monoisotopic (exact) mass is 237 g/mol. The van der Waals surface area contributed by atoms with E-state index >= 15 is 0 Å². The molecule has 0 aliphatic heterocycles. The highest BCUT2D eigenvalue weighted by Gasteiger charge is 2.13. The van der Waals surface area contributed by atoms with Crippen molar-refractivity contribution in [3.63, 3.8) is 0 Å². The highest BCUT2D eigenvalue weighted by atomic mass is 32.1. The van der Waals surface area contributed by atoms with Gasteiger partial charge in [-0.25, -0.2) is 0 Å². The molecule has 0 spiro atoms. The van der Waals surface area contributed by atoms with E-state index < -0.39 is 12.0 Å². The summed E-state index contributed by atoms with van der Waals surface area (Å²) in [6, 6.07) is -0.577. The van der Waals surface area contributed by atoms with Crippen LogP contribution in [0.15, 0.2) is 0 Å². The summed E-state index contributed by atoms with van der Waals surface area (Å²) in [7, 11) is 1.62. The van der Waals surface area contributed by atoms with Crippen LogP contribution in [0.2, 0.25) is 0 Å². The lowest BCUT2D eigenvalue weighted by Gasteiger charge is -2.11. The van der Waals surface area contributed by atoms with Gasteiger partial charge in [-0.1, -0.05) is 0 Å². The molecule has 5 nitrogen and oxygen atoms in total. The van der Waals surface area contributed by atoms with Crippen LogP contribution in [0.25, 0.3) is 0 Å². The molecule has 0 heterocycles. The van der Waals surface area contributed by atoms with Gasteiger partial charge >= 0.3 is 5.97 Å². The standard InChI is InChI=1S/C9H19NO4S/c1-13-5-6-14-4-2-3-10-8(7-15)9(11)12/h8,10,15H,2-7H2,1H3,(H,11,12)/t8-/m0/s1. The number of ether oxygens (including phenoxy) is 2. The van der Waals surface area contributed by atoms with E-state index in [1.807, 2.05) is 0 Å². The van der Waals surface area contributed by atoms with Crippen LogP contribution in [-0.2, 0) is 14.3 Å². The van der Waals surface area contributed by atoms with E-state index in [1.165, 1.54) is 0 Å². The van der Waals surface area contributed by atoms with Crippen LogP contribution in [0.4, 0.5) is 0 Å². The topological polar surface area (TPSA) is 67.8 Å². The molecule has 0 aromatic heterocycles. The summed E-state index contributed by atoms with van der Waals surface area (Å²) in [5.74, 6) is -0.579. The Morgan fingerprint density at radius 1 is 1.47 bits per heavy atom. The lowest BCUT2D eigenvalue weighted by Crippen LogP contribution is -2.39. The number of hydrogen-bond acceptors (Lipinski definition) is 5. The van der Waals surface area contributed by atoms with Gasteiger partial charge in [-0.2, -0.15) is 12.6 Å². The zero-order chi connectivity index (χ0) is 11.5. The maximum Gasteiger partial charge on any atom is 0.321 e. The van der Waals surface area contributed by atoms with Crippen molar-refractivity contribution in [2.24, 2.45) is 0 Å². The molecule has 0 saturated heterocycles. The van der Waals surface area contributed by atoms with Crippen LogP contribution in [0, 0.1) is 0 Å². The lowest BCUT2D eigenvalue weighted by molar-refractivity contribution is -0.138. The highest BCUT2D eigenvalue weighted by molar-refractivity contribution is 7.80. The van der Waals surface area contributed by atoms with Crippen molar-refractivity contribution < 1.29 is 19.4 Å². The summed E-state index contributed by atoms with van der Waals surface area (Å²) in [4.78, 5) is 10.6. The molecular formula is C9H19NO4S. The molecule has 1 atom stereocenters. The smallest absolute Gasteiger partial charge is 0.321 e. The second kappa shape index (κ2) is 10.2. The van der Waals surface area contributed by atoms with Gasteiger partial charge < -0.3 is 19.9 Å². The number of carboxylic acids is 1. The SMILES string of the molecule is COCCOCCCN[C@@H](CS)C(=O)O. The van der Waals surface area contributed by atoms with Crippen molar-refractivity contribution in [2.45, 2.75) is 12.5 Å². The zero-order valence-electron chi connectivity index (χ0n) is 8.94. The second-order valence-electron chi connectivity index (χ2n) is 2.99. The first-order valence-electron chi connectivity index (χ1n) is 4.86. The number of thiol groups is 1. The average molecular weight is 237 g/mol. The number of aliphatic carboxylic acids is 1. The van der Waals surface area contributed by atoms with Gasteiger partial charge in [0.1, 0.15) is 6.04 Å². The zero-order valence-corrected chi connectivity index (χ0v) is 9.83. The van der Waals surface area contributed by atoms with Gasteiger partial charge in [-0.3, -0.25) is 4.79 Å². The first kappa shape index (κ1) is 14.7. The van der Waals surface area contributed by atoms with Crippen molar-refractivity contribution in [1.82, 2.24) is 5.32 Å². The number of methoxy groups -OCH3 is 1. The maximum absolute atomic E-state index is 10.6. The second-order valence-corrected chi connectivity index (χ2v) is 3.35. The molecule has 0 fully saturated rings. The molecule has 0 aromatic rings. The fraction of sp³-hybridized carbons (Fsp3) is 0.889. The Kier molecular flexibility index (Phi) is 10.0. The van der Waals surface area contributed by atoms with E-state index in [1.54, 1.807) is 7.11 Å². The highest BCUT2D eigenvalue weighted by Crippen LogP contribution is 1.89. The summed E-state index contributed by atoms with van der Waals surface area (Å²) >= 11 is 3.94. The predicted octanol–water partition coefficient (Wildman–Crippen LogP) is 0.0121. The summed E-state index contributed by atoms with van der Waals surface area (Å²) in [6.07, 6.45) is 0.779. The third-order valence-corrected chi connectivity index (χ3v) is 2.13. The third-order valence-electron chi connectivity index (χ3n) is 1.77. The quantitative estimate of drug-likeness (QED) is 0.369. The van der Waals surface area contributed by atoms with Gasteiger partial charge in [0.25, 0.3) is 0 Å². The number of nitrogens with one attached hydrogen (secondary N) is 1. The largest absolute Gasteiger partial charge is 0.480 e. The van der Waals surface area contributed by atoms with E-state index in [9.17, 15) is 4.79 Å². The summed E-state index contributed by atoms with van der Waals surface area (Å²) < 4.78 is 10.0. The van der Waals surface area contributed by atoms with Gasteiger partial charge in [0.15, 0.2) is 0 Å². The van der Waals surface area contributed by atoms with Crippen LogP contribution >= 0.6 is 12.6 Å². The van der Waals surface area contributed by atoms with Gasteiger partial charge in [0.2, 0.25) is 0 Å². The van der Waals surface area contributed by atoms with Crippen LogP contribution < -0.4 is 5.32 Å². The predicted molar refractivity (Wildman–Crippen MR) is 60.6 cm³/mol. The molecular weight excluding hydrogens is 218 g/mol. The van der Waals surface area contributed by atoms with Crippen LogP contribution in [0.3, 0.4) is 0 Å². The van der Waals surface area contributed by atoms with Crippen molar-refractivity contribution in [2.75, 3.05) is 39.2 Å². The minimum Gasteiger partial charge on any atom is -0.480 e. The molecule has 0 amide bonds. The minimum atomic E-state index is -0.870. The lowest BCUT2D eigenvalue weighted by atomic mass is 10.3. The Bertz CT molecular complexity index is 168. The van der Waals surface area contributed by atoms with Crippen LogP contribution in [-0.4, -0.2) is 56.3 Å². The fourth-order valence-electron chi connectivity index (χ4n) is 0.925. The summed E-state index contributed by atoms with van der Waals surface area (Å²) in [6.45, 7) is 2.38. The Hall–Kier alpha value is -0.300. The molecule has 0 bridgehead atoms. The van der Waals surface area contributed by atoms with Crippen molar-refractivity contribution in [3.05, 3.63) is 0 Å². The van der Waals surface area contributed by atoms with Crippen molar-refractivity contribution in [3.8, 4) is 0 Å². The third kappa shape index (κ3) is 8.68. The Balaban J connectivity index is 3.25. The van der Waals surface area contributed by atoms with Gasteiger partial charge in [-0.15, -0.1) is 0 Å². The Labute approximate surface area is 95.5 Å². The number of hydrogen-bond donors (Lipinski definition) is 3. The molecule has 0 aliphatic rings. The van der Waals surface area contributed by atoms with Gasteiger partial charge in [0, 0.05) is 19.5 Å². The molecule has 0 radical (unpaired) electrons. The van der Waals surface area contributed by atoms with Crippen LogP contribution in [0.5, 0.6) is 0 Å². The molecule has 0 aliphatic carbocycles. The van der Waals surface area contributed by atoms with E-state index in [0.717, 1.165) is 6.42 Å². The van der Waals surface area contributed by atoms with Crippen molar-refractivity contribution in [1.29, 1.82) is 0 Å². The molecule has 90 valence electrons. The van der Waals surface area contributed by atoms with Crippen molar-refractivity contribution >= 4 is 18.6 Å². The van der Waals surface area contributed by atoms with Gasteiger partial charge in [0.05, 0.1) is 13.2 Å². The Morgan fingerprint density at radius 3 is 2.73 bits per heavy atom. The first-order chi connectivity index (χ1) is 7.22. The number of carboxylic acid groups (broad SMARTS) is 1. The van der Waals surface area contributed by atoms with Gasteiger partial charge in [-0.05, 0) is 13.0 Å². The average Bonchev–Trinajstić information content (AvgIpc) is 2.21. The normalized spacial score (nSPS) is 12.7. The summed E-state index contributed by atoms with van der Waals surface area (Å²) in [5.41, 5.74) is 0. The van der Waals surface area contributed by atoms with E-state index in [-0.39, 0.29) is 0 Å². The molecule has 0 unspecified atom stereocenters. The van der Waals surface area contributed by atoms with E-state index in [2.05, 4.69) is 17.9 Å². The number of carbonyl (C=O) groups is 1. The molecule has 6 heteroatoms. The molecule has 0 aromatic carbocycles.